The molecule has 0 N–H and O–H groups in total. The highest BCUT2D eigenvalue weighted by molar-refractivity contribution is 5.85. The van der Waals surface area contributed by atoms with Crippen molar-refractivity contribution in [1.82, 2.24) is 4.90 Å². The quantitative estimate of drug-likeness (QED) is 0.735. The van der Waals surface area contributed by atoms with E-state index < -0.39 is 5.60 Å². The summed E-state index contributed by atoms with van der Waals surface area (Å²) in [5.41, 5.74) is -0.462. The van der Waals surface area contributed by atoms with Crippen molar-refractivity contribution in [2.75, 3.05) is 7.11 Å². The average molecular weight is 383 g/mol. The summed E-state index contributed by atoms with van der Waals surface area (Å²) >= 11 is 0. The molecule has 5 nitrogen and oxygen atoms in total. The Morgan fingerprint density at radius 3 is 2.18 bits per heavy atom. The standard InChI is InChI=1S/C23H29NO4/c1-23(2,3)28-22(25)24-17-7-8-18(24)14-21(13-17)27-20-10-6-15-5-9-19(26-4)11-16(15)12-20/h5-6,9-12,17-18,21H,7-8,13-14H2,1-4H3. The van der Waals surface area contributed by atoms with Crippen molar-refractivity contribution in [1.29, 1.82) is 0 Å². The number of rotatable bonds is 3. The van der Waals surface area contributed by atoms with Gasteiger partial charge in [0, 0.05) is 24.9 Å². The molecule has 2 unspecified atom stereocenters. The van der Waals surface area contributed by atoms with Gasteiger partial charge >= 0.3 is 6.09 Å². The second kappa shape index (κ2) is 7.19. The molecule has 2 aliphatic heterocycles. The summed E-state index contributed by atoms with van der Waals surface area (Å²) < 4.78 is 17.3. The van der Waals surface area contributed by atoms with Crippen molar-refractivity contribution in [3.63, 3.8) is 0 Å². The van der Waals surface area contributed by atoms with Crippen molar-refractivity contribution in [2.24, 2.45) is 0 Å². The first-order valence-electron chi connectivity index (χ1n) is 10.1. The molecule has 2 heterocycles. The number of carbonyl (C=O) groups excluding carboxylic acids is 1. The largest absolute Gasteiger partial charge is 0.497 e. The van der Waals surface area contributed by atoms with E-state index in [0.717, 1.165) is 48.0 Å². The molecule has 2 saturated heterocycles. The van der Waals surface area contributed by atoms with Crippen LogP contribution in [0.25, 0.3) is 10.8 Å². The third-order valence-corrected chi connectivity index (χ3v) is 5.62. The van der Waals surface area contributed by atoms with E-state index in [1.165, 1.54) is 0 Å². The predicted octanol–water partition coefficient (Wildman–Crippen LogP) is 5.16. The highest BCUT2D eigenvalue weighted by Crippen LogP contribution is 2.38. The number of hydrogen-bond donors (Lipinski definition) is 0. The molecule has 0 saturated carbocycles. The van der Waals surface area contributed by atoms with Crippen molar-refractivity contribution in [3.8, 4) is 11.5 Å². The first-order valence-corrected chi connectivity index (χ1v) is 10.1. The lowest BCUT2D eigenvalue weighted by Crippen LogP contribution is -2.50. The molecule has 2 aliphatic rings. The van der Waals surface area contributed by atoms with Gasteiger partial charge in [0.2, 0.25) is 0 Å². The molecular weight excluding hydrogens is 354 g/mol. The van der Waals surface area contributed by atoms with Gasteiger partial charge < -0.3 is 19.1 Å². The van der Waals surface area contributed by atoms with Gasteiger partial charge in [-0.3, -0.25) is 0 Å². The van der Waals surface area contributed by atoms with E-state index in [2.05, 4.69) is 18.2 Å². The van der Waals surface area contributed by atoms with Crippen molar-refractivity contribution < 1.29 is 19.0 Å². The number of carbonyl (C=O) groups is 1. The zero-order valence-corrected chi connectivity index (χ0v) is 17.1. The molecule has 150 valence electrons. The minimum Gasteiger partial charge on any atom is -0.497 e. The smallest absolute Gasteiger partial charge is 0.410 e. The third kappa shape index (κ3) is 3.89. The molecule has 4 rings (SSSR count). The van der Waals surface area contributed by atoms with Crippen molar-refractivity contribution in [3.05, 3.63) is 36.4 Å². The normalized spacial score (nSPS) is 24.3. The second-order valence-electron chi connectivity index (χ2n) is 8.86. The Hall–Kier alpha value is -2.43. The summed E-state index contributed by atoms with van der Waals surface area (Å²) in [5, 5.41) is 2.26. The molecule has 28 heavy (non-hydrogen) atoms. The molecule has 1 amide bonds. The van der Waals surface area contributed by atoms with Crippen LogP contribution in [0.5, 0.6) is 11.5 Å². The Morgan fingerprint density at radius 2 is 1.57 bits per heavy atom. The fourth-order valence-electron chi connectivity index (χ4n) is 4.43. The number of amides is 1. The predicted molar refractivity (Wildman–Crippen MR) is 109 cm³/mol. The van der Waals surface area contributed by atoms with E-state index in [1.807, 2.05) is 43.9 Å². The van der Waals surface area contributed by atoms with Gasteiger partial charge in [-0.1, -0.05) is 12.1 Å². The number of benzene rings is 2. The average Bonchev–Trinajstić information content (AvgIpc) is 2.91. The summed E-state index contributed by atoms with van der Waals surface area (Å²) in [6.07, 6.45) is 3.70. The van der Waals surface area contributed by atoms with E-state index >= 15 is 0 Å². The van der Waals surface area contributed by atoms with Crippen LogP contribution in [0.2, 0.25) is 0 Å². The summed E-state index contributed by atoms with van der Waals surface area (Å²) in [6, 6.07) is 12.6. The molecule has 0 aliphatic carbocycles. The summed E-state index contributed by atoms with van der Waals surface area (Å²) in [5.74, 6) is 1.71. The highest BCUT2D eigenvalue weighted by atomic mass is 16.6. The van der Waals surface area contributed by atoms with Crippen LogP contribution >= 0.6 is 0 Å². The van der Waals surface area contributed by atoms with Gasteiger partial charge in [0.15, 0.2) is 0 Å². The Morgan fingerprint density at radius 1 is 0.964 bits per heavy atom. The molecule has 0 radical (unpaired) electrons. The lowest BCUT2D eigenvalue weighted by molar-refractivity contribution is -0.00705. The summed E-state index contributed by atoms with van der Waals surface area (Å²) in [4.78, 5) is 14.6. The van der Waals surface area contributed by atoms with Crippen LogP contribution in [0.1, 0.15) is 46.5 Å². The monoisotopic (exact) mass is 383 g/mol. The molecule has 2 fully saturated rings. The molecule has 2 atom stereocenters. The lowest BCUT2D eigenvalue weighted by atomic mass is 10.00. The van der Waals surface area contributed by atoms with Crippen LogP contribution in [0, 0.1) is 0 Å². The number of hydrogen-bond acceptors (Lipinski definition) is 4. The maximum absolute atomic E-state index is 12.6. The molecule has 5 heteroatoms. The Kier molecular flexibility index (Phi) is 4.86. The van der Waals surface area contributed by atoms with E-state index in [9.17, 15) is 4.79 Å². The maximum atomic E-state index is 12.6. The van der Waals surface area contributed by atoms with Gasteiger partial charge in [-0.05, 0) is 68.7 Å². The number of fused-ring (bicyclic) bond motifs is 3. The number of piperidine rings is 1. The van der Waals surface area contributed by atoms with E-state index in [1.54, 1.807) is 7.11 Å². The maximum Gasteiger partial charge on any atom is 0.410 e. The fraction of sp³-hybridized carbons (Fsp3) is 0.522. The van der Waals surface area contributed by atoms with Gasteiger partial charge in [-0.25, -0.2) is 4.79 Å². The first kappa shape index (κ1) is 18.9. The molecule has 2 bridgehead atoms. The summed E-state index contributed by atoms with van der Waals surface area (Å²) in [6.45, 7) is 5.74. The SMILES string of the molecule is COc1ccc2ccc(OC3CC4CCC(C3)N4C(=O)OC(C)(C)C)cc2c1. The van der Waals surface area contributed by atoms with Gasteiger partial charge in [-0.2, -0.15) is 0 Å². The minimum atomic E-state index is -0.462. The molecule has 2 aromatic carbocycles. The summed E-state index contributed by atoms with van der Waals surface area (Å²) in [7, 11) is 1.68. The van der Waals surface area contributed by atoms with Crippen LogP contribution in [-0.2, 0) is 4.74 Å². The van der Waals surface area contributed by atoms with Crippen LogP contribution in [-0.4, -0.2) is 41.9 Å². The third-order valence-electron chi connectivity index (χ3n) is 5.62. The first-order chi connectivity index (χ1) is 13.3. The number of ether oxygens (including phenoxy) is 3. The van der Waals surface area contributed by atoms with Gasteiger partial charge in [-0.15, -0.1) is 0 Å². The van der Waals surface area contributed by atoms with Crippen LogP contribution < -0.4 is 9.47 Å². The van der Waals surface area contributed by atoms with E-state index in [-0.39, 0.29) is 24.3 Å². The van der Waals surface area contributed by atoms with Crippen LogP contribution in [0.4, 0.5) is 4.79 Å². The van der Waals surface area contributed by atoms with Gasteiger partial charge in [0.05, 0.1) is 7.11 Å². The number of methoxy groups -OCH3 is 1. The van der Waals surface area contributed by atoms with E-state index in [0.29, 0.717) is 0 Å². The minimum absolute atomic E-state index is 0.124. The van der Waals surface area contributed by atoms with Gasteiger partial charge in [0.25, 0.3) is 0 Å². The lowest BCUT2D eigenvalue weighted by Gasteiger charge is -2.39. The Balaban J connectivity index is 1.45. The highest BCUT2D eigenvalue weighted by Gasteiger charge is 2.45. The fourth-order valence-corrected chi connectivity index (χ4v) is 4.43. The van der Waals surface area contributed by atoms with Crippen molar-refractivity contribution >= 4 is 16.9 Å². The topological polar surface area (TPSA) is 48.0 Å². The zero-order chi connectivity index (χ0) is 19.9. The van der Waals surface area contributed by atoms with Gasteiger partial charge in [0.1, 0.15) is 23.2 Å². The van der Waals surface area contributed by atoms with Crippen LogP contribution in [0.15, 0.2) is 36.4 Å². The van der Waals surface area contributed by atoms with Crippen molar-refractivity contribution in [2.45, 2.75) is 70.2 Å². The molecule has 0 aromatic heterocycles. The molecule has 2 aromatic rings. The molecular formula is C23H29NO4. The molecule has 0 spiro atoms. The van der Waals surface area contributed by atoms with E-state index in [4.69, 9.17) is 14.2 Å². The Bertz CT molecular complexity index is 859. The van der Waals surface area contributed by atoms with Crippen LogP contribution in [0.3, 0.4) is 0 Å². The number of nitrogens with zero attached hydrogens (tertiary/aromatic N) is 1. The zero-order valence-electron chi connectivity index (χ0n) is 17.1. The second-order valence-corrected chi connectivity index (χ2v) is 8.86. The Labute approximate surface area is 166 Å².